The highest BCUT2D eigenvalue weighted by atomic mass is 32.2. The highest BCUT2D eigenvalue weighted by Gasteiger charge is 2.34. The van der Waals surface area contributed by atoms with Crippen LogP contribution in [0.1, 0.15) is 6.42 Å². The number of benzene rings is 1. The molecule has 0 spiro atoms. The van der Waals surface area contributed by atoms with Crippen LogP contribution in [0.3, 0.4) is 0 Å². The fraction of sp³-hybridized carbons (Fsp3) is 0.588. The average Bonchev–Trinajstić information content (AvgIpc) is 2.95. The van der Waals surface area contributed by atoms with E-state index in [1.807, 2.05) is 18.2 Å². The van der Waals surface area contributed by atoms with Gasteiger partial charge in [0.25, 0.3) is 5.91 Å². The van der Waals surface area contributed by atoms with Crippen molar-refractivity contribution in [2.24, 2.45) is 0 Å². The van der Waals surface area contributed by atoms with Crippen molar-refractivity contribution in [3.8, 4) is 0 Å². The summed E-state index contributed by atoms with van der Waals surface area (Å²) in [4.78, 5) is 17.7. The summed E-state index contributed by atoms with van der Waals surface area (Å²) >= 11 is 0. The summed E-state index contributed by atoms with van der Waals surface area (Å²) in [5.41, 5.74) is 1.23. The van der Waals surface area contributed by atoms with Crippen molar-refractivity contribution in [1.29, 1.82) is 0 Å². The van der Waals surface area contributed by atoms with Crippen LogP contribution in [0.4, 0.5) is 5.69 Å². The van der Waals surface area contributed by atoms with Crippen LogP contribution in [0.25, 0.3) is 0 Å². The van der Waals surface area contributed by atoms with Crippen LogP contribution in [0.5, 0.6) is 0 Å². The van der Waals surface area contributed by atoms with E-state index in [1.165, 1.54) is 10.6 Å². The maximum Gasteiger partial charge on any atom is 0.277 e. The summed E-state index contributed by atoms with van der Waals surface area (Å²) in [6.45, 7) is 4.19. The normalized spacial score (nSPS) is 24.0. The molecule has 24 heavy (non-hydrogen) atoms. The quantitative estimate of drug-likeness (QED) is 0.758. The molecule has 2 heterocycles. The molecule has 3 rings (SSSR count). The molecular formula is C17H26N3O3S+. The fourth-order valence-corrected chi connectivity index (χ4v) is 5.29. The van der Waals surface area contributed by atoms with Gasteiger partial charge in [0.05, 0.1) is 37.7 Å². The van der Waals surface area contributed by atoms with Gasteiger partial charge in [0, 0.05) is 18.8 Å². The molecule has 2 aliphatic heterocycles. The van der Waals surface area contributed by atoms with Crippen LogP contribution in [0.15, 0.2) is 30.3 Å². The van der Waals surface area contributed by atoms with Crippen LogP contribution >= 0.6 is 0 Å². The Morgan fingerprint density at radius 1 is 1.25 bits per heavy atom. The molecule has 1 atom stereocenters. The topological polar surface area (TPSA) is 62.1 Å². The molecule has 7 heteroatoms. The number of nitrogens with one attached hydrogen (secondary N) is 1. The first kappa shape index (κ1) is 17.2. The van der Waals surface area contributed by atoms with Crippen molar-refractivity contribution >= 4 is 21.4 Å². The number of carbonyl (C=O) groups excluding carboxylic acids is 1. The number of likely N-dealkylation sites (N-methyl/N-ethyl adjacent to an activating group) is 1. The Morgan fingerprint density at radius 3 is 2.50 bits per heavy atom. The van der Waals surface area contributed by atoms with E-state index in [-0.39, 0.29) is 23.5 Å². The van der Waals surface area contributed by atoms with Crippen LogP contribution in [-0.4, -0.2) is 76.5 Å². The summed E-state index contributed by atoms with van der Waals surface area (Å²) in [5.74, 6) is 0.379. The number of carbonyl (C=O) groups is 1. The van der Waals surface area contributed by atoms with Crippen LogP contribution in [0.2, 0.25) is 0 Å². The standard InChI is InChI=1S/C17H25N3O3S/c1-18(16-7-12-24(22,23)14-16)17(21)13-19-8-10-20(11-9-19)15-5-3-2-4-6-15/h2-6,16H,7-14H2,1H3/p+1/t16-/m1/s1. The lowest BCUT2D eigenvalue weighted by molar-refractivity contribution is -0.892. The molecule has 0 radical (unpaired) electrons. The van der Waals surface area contributed by atoms with Gasteiger partial charge >= 0.3 is 0 Å². The highest BCUT2D eigenvalue weighted by molar-refractivity contribution is 7.91. The van der Waals surface area contributed by atoms with E-state index in [0.717, 1.165) is 26.2 Å². The molecule has 1 aromatic carbocycles. The van der Waals surface area contributed by atoms with Gasteiger partial charge in [0.15, 0.2) is 16.4 Å². The van der Waals surface area contributed by atoms with Gasteiger partial charge in [-0.15, -0.1) is 0 Å². The smallest absolute Gasteiger partial charge is 0.277 e. The van der Waals surface area contributed by atoms with E-state index in [1.54, 1.807) is 11.9 Å². The molecule has 2 saturated heterocycles. The molecule has 2 aliphatic rings. The van der Waals surface area contributed by atoms with Gasteiger partial charge in [-0.2, -0.15) is 0 Å². The number of sulfone groups is 1. The molecule has 132 valence electrons. The molecule has 1 amide bonds. The Bertz CT molecular complexity index is 670. The van der Waals surface area contributed by atoms with Crippen molar-refractivity contribution in [2.45, 2.75) is 12.5 Å². The first-order valence-corrected chi connectivity index (χ1v) is 10.4. The number of quaternary nitrogens is 1. The minimum atomic E-state index is -2.95. The van der Waals surface area contributed by atoms with Crippen LogP contribution in [0, 0.1) is 0 Å². The van der Waals surface area contributed by atoms with Crippen molar-refractivity contribution in [1.82, 2.24) is 4.90 Å². The molecule has 0 saturated carbocycles. The predicted octanol–water partition coefficient (Wildman–Crippen LogP) is -0.963. The van der Waals surface area contributed by atoms with Gasteiger partial charge in [-0.25, -0.2) is 8.42 Å². The van der Waals surface area contributed by atoms with E-state index in [0.29, 0.717) is 13.0 Å². The number of piperazine rings is 1. The molecule has 6 nitrogen and oxygen atoms in total. The van der Waals surface area contributed by atoms with Gasteiger partial charge in [-0.3, -0.25) is 4.79 Å². The zero-order valence-electron chi connectivity index (χ0n) is 14.1. The zero-order valence-corrected chi connectivity index (χ0v) is 15.0. The lowest BCUT2D eigenvalue weighted by atomic mass is 10.2. The van der Waals surface area contributed by atoms with Crippen molar-refractivity contribution < 1.29 is 18.1 Å². The van der Waals surface area contributed by atoms with Gasteiger partial charge in [-0.1, -0.05) is 18.2 Å². The van der Waals surface area contributed by atoms with E-state index in [9.17, 15) is 13.2 Å². The number of rotatable bonds is 4. The summed E-state index contributed by atoms with van der Waals surface area (Å²) in [6, 6.07) is 10.2. The highest BCUT2D eigenvalue weighted by Crippen LogP contribution is 2.16. The zero-order chi connectivity index (χ0) is 17.2. The molecule has 1 N–H and O–H groups in total. The molecule has 0 aliphatic carbocycles. The molecular weight excluding hydrogens is 326 g/mol. The minimum Gasteiger partial charge on any atom is -0.360 e. The van der Waals surface area contributed by atoms with E-state index in [2.05, 4.69) is 17.0 Å². The number of hydrogen-bond donors (Lipinski definition) is 1. The molecule has 0 aromatic heterocycles. The average molecular weight is 352 g/mol. The first-order chi connectivity index (χ1) is 11.4. The summed E-state index contributed by atoms with van der Waals surface area (Å²) < 4.78 is 23.2. The Labute approximate surface area is 144 Å². The Morgan fingerprint density at radius 2 is 1.92 bits per heavy atom. The largest absolute Gasteiger partial charge is 0.360 e. The second-order valence-corrected chi connectivity index (χ2v) is 9.04. The number of para-hydroxylation sites is 1. The second-order valence-electron chi connectivity index (χ2n) is 6.81. The van der Waals surface area contributed by atoms with Crippen molar-refractivity contribution in [3.63, 3.8) is 0 Å². The third-order valence-corrected chi connectivity index (χ3v) is 6.89. The van der Waals surface area contributed by atoms with Crippen molar-refractivity contribution in [2.75, 3.05) is 56.2 Å². The molecule has 0 unspecified atom stereocenters. The number of amides is 1. The van der Waals surface area contributed by atoms with Gasteiger partial charge in [0.1, 0.15) is 0 Å². The number of nitrogens with zero attached hydrogens (tertiary/aromatic N) is 2. The van der Waals surface area contributed by atoms with E-state index in [4.69, 9.17) is 0 Å². The van der Waals surface area contributed by atoms with Gasteiger partial charge in [0.2, 0.25) is 0 Å². The minimum absolute atomic E-state index is 0.0558. The third-order valence-electron chi connectivity index (χ3n) is 5.14. The fourth-order valence-electron chi connectivity index (χ4n) is 3.52. The maximum atomic E-state index is 12.5. The summed E-state index contributed by atoms with van der Waals surface area (Å²) in [5, 5.41) is 0. The van der Waals surface area contributed by atoms with Gasteiger partial charge in [-0.05, 0) is 18.6 Å². The van der Waals surface area contributed by atoms with Gasteiger partial charge < -0.3 is 14.7 Å². The van der Waals surface area contributed by atoms with Crippen molar-refractivity contribution in [3.05, 3.63) is 30.3 Å². The third kappa shape index (κ3) is 4.08. The number of hydrogen-bond acceptors (Lipinski definition) is 4. The number of anilines is 1. The lowest BCUT2D eigenvalue weighted by Crippen LogP contribution is -3.16. The lowest BCUT2D eigenvalue weighted by Gasteiger charge is -2.34. The summed E-state index contributed by atoms with van der Waals surface area (Å²) in [6.07, 6.45) is 0.571. The SMILES string of the molecule is CN(C(=O)C[NH+]1CCN(c2ccccc2)CC1)[C@@H]1CCS(=O)(=O)C1. The first-order valence-electron chi connectivity index (χ1n) is 8.54. The van der Waals surface area contributed by atoms with Crippen LogP contribution < -0.4 is 9.80 Å². The second kappa shape index (κ2) is 7.11. The Kier molecular flexibility index (Phi) is 5.10. The summed E-state index contributed by atoms with van der Waals surface area (Å²) in [7, 11) is -1.21. The Hall–Kier alpha value is -1.60. The maximum absolute atomic E-state index is 12.5. The molecule has 0 bridgehead atoms. The Balaban J connectivity index is 1.48. The van der Waals surface area contributed by atoms with Crippen LogP contribution in [-0.2, 0) is 14.6 Å². The van der Waals surface area contributed by atoms with E-state index >= 15 is 0 Å². The molecule has 2 fully saturated rings. The monoisotopic (exact) mass is 352 g/mol. The molecule has 1 aromatic rings. The van der Waals surface area contributed by atoms with E-state index < -0.39 is 9.84 Å². The predicted molar refractivity (Wildman–Crippen MR) is 94.0 cm³/mol.